The van der Waals surface area contributed by atoms with E-state index in [9.17, 15) is 0 Å². The summed E-state index contributed by atoms with van der Waals surface area (Å²) in [4.78, 5) is 5.59. The van der Waals surface area contributed by atoms with Crippen LogP contribution in [0.15, 0.2) is 6.07 Å². The number of piperidine rings is 1. The number of hydrogen-bond acceptors (Lipinski definition) is 3. The Morgan fingerprint density at radius 3 is 2.58 bits per heavy atom. The van der Waals surface area contributed by atoms with Crippen LogP contribution >= 0.6 is 11.3 Å². The van der Waals surface area contributed by atoms with Gasteiger partial charge in [-0.25, -0.2) is 0 Å². The van der Waals surface area contributed by atoms with Crippen molar-refractivity contribution in [1.29, 1.82) is 0 Å². The van der Waals surface area contributed by atoms with Crippen LogP contribution in [0.25, 0.3) is 0 Å². The summed E-state index contributed by atoms with van der Waals surface area (Å²) in [5.74, 6) is 0. The lowest BCUT2D eigenvalue weighted by Crippen LogP contribution is -2.43. The van der Waals surface area contributed by atoms with Crippen molar-refractivity contribution in [3.05, 3.63) is 21.4 Å². The van der Waals surface area contributed by atoms with E-state index in [-0.39, 0.29) is 0 Å². The van der Waals surface area contributed by atoms with Gasteiger partial charge in [-0.15, -0.1) is 11.3 Å². The number of aryl methyl sites for hydroxylation is 2. The Hall–Kier alpha value is -0.380. The fraction of sp³-hybridized carbons (Fsp3) is 0.750. The Morgan fingerprint density at radius 1 is 1.37 bits per heavy atom. The van der Waals surface area contributed by atoms with E-state index in [1.165, 1.54) is 48.7 Å². The Bertz CT molecular complexity index is 391. The molecule has 0 amide bonds. The van der Waals surface area contributed by atoms with Crippen molar-refractivity contribution in [2.45, 2.75) is 59.0 Å². The third kappa shape index (κ3) is 3.80. The van der Waals surface area contributed by atoms with Crippen molar-refractivity contribution in [3.8, 4) is 0 Å². The zero-order valence-electron chi connectivity index (χ0n) is 12.8. The molecule has 0 radical (unpaired) electrons. The highest BCUT2D eigenvalue weighted by molar-refractivity contribution is 7.12. The summed E-state index contributed by atoms with van der Waals surface area (Å²) in [5.41, 5.74) is 1.54. The minimum atomic E-state index is 0.581. The maximum absolute atomic E-state index is 3.66. The summed E-state index contributed by atoms with van der Waals surface area (Å²) in [6.07, 6.45) is 3.84. The number of thiophene rings is 1. The van der Waals surface area contributed by atoms with E-state index >= 15 is 0 Å². The third-order valence-corrected chi connectivity index (χ3v) is 5.27. The molecule has 1 unspecified atom stereocenters. The summed E-state index contributed by atoms with van der Waals surface area (Å²) in [6, 6.07) is 3.71. The highest BCUT2D eigenvalue weighted by atomic mass is 32.1. The average Bonchev–Trinajstić information content (AvgIpc) is 2.75. The SMILES string of the molecule is CCCNC1CCN(C(C)c2cc(C)sc2C)CC1. The molecule has 1 N–H and O–H groups in total. The van der Waals surface area contributed by atoms with Crippen LogP contribution < -0.4 is 5.32 Å². The molecular weight excluding hydrogens is 252 g/mol. The molecule has 1 aromatic heterocycles. The Morgan fingerprint density at radius 2 is 2.05 bits per heavy atom. The molecule has 0 bridgehead atoms. The number of rotatable bonds is 5. The molecule has 0 aromatic carbocycles. The molecule has 1 aromatic rings. The zero-order valence-corrected chi connectivity index (χ0v) is 13.6. The summed E-state index contributed by atoms with van der Waals surface area (Å²) < 4.78 is 0. The van der Waals surface area contributed by atoms with Crippen LogP contribution in [0.4, 0.5) is 0 Å². The van der Waals surface area contributed by atoms with E-state index in [2.05, 4.69) is 44.0 Å². The smallest absolute Gasteiger partial charge is 0.0330 e. The number of nitrogens with one attached hydrogen (secondary N) is 1. The molecule has 1 saturated heterocycles. The number of likely N-dealkylation sites (tertiary alicyclic amines) is 1. The van der Waals surface area contributed by atoms with Crippen molar-refractivity contribution >= 4 is 11.3 Å². The van der Waals surface area contributed by atoms with Gasteiger partial charge in [0.15, 0.2) is 0 Å². The molecule has 1 aliphatic heterocycles. The molecule has 0 saturated carbocycles. The van der Waals surface area contributed by atoms with Crippen LogP contribution in [0.5, 0.6) is 0 Å². The van der Waals surface area contributed by atoms with Gasteiger partial charge in [0, 0.05) is 34.9 Å². The maximum atomic E-state index is 3.66. The first kappa shape index (κ1) is 15.0. The lowest BCUT2D eigenvalue weighted by molar-refractivity contribution is 0.152. The van der Waals surface area contributed by atoms with Crippen molar-refractivity contribution in [2.75, 3.05) is 19.6 Å². The predicted octanol–water partition coefficient (Wildman–Crippen LogP) is 3.89. The largest absolute Gasteiger partial charge is 0.314 e. The molecule has 108 valence electrons. The van der Waals surface area contributed by atoms with Crippen LogP contribution in [-0.4, -0.2) is 30.6 Å². The molecule has 2 nitrogen and oxygen atoms in total. The van der Waals surface area contributed by atoms with Gasteiger partial charge in [-0.2, -0.15) is 0 Å². The number of hydrogen-bond donors (Lipinski definition) is 1. The second-order valence-corrected chi connectivity index (χ2v) is 7.27. The van der Waals surface area contributed by atoms with Gasteiger partial charge in [-0.05, 0) is 58.2 Å². The van der Waals surface area contributed by atoms with Crippen LogP contribution in [0.3, 0.4) is 0 Å². The quantitative estimate of drug-likeness (QED) is 0.880. The lowest BCUT2D eigenvalue weighted by atomic mass is 10.0. The maximum Gasteiger partial charge on any atom is 0.0330 e. The molecule has 0 aliphatic carbocycles. The van der Waals surface area contributed by atoms with E-state index in [0.29, 0.717) is 6.04 Å². The van der Waals surface area contributed by atoms with Crippen molar-refractivity contribution in [2.24, 2.45) is 0 Å². The lowest BCUT2D eigenvalue weighted by Gasteiger charge is -2.36. The van der Waals surface area contributed by atoms with Crippen LogP contribution in [-0.2, 0) is 0 Å². The summed E-state index contributed by atoms with van der Waals surface area (Å²) in [7, 11) is 0. The second kappa shape index (κ2) is 6.87. The van der Waals surface area contributed by atoms with Crippen molar-refractivity contribution in [3.63, 3.8) is 0 Å². The topological polar surface area (TPSA) is 15.3 Å². The minimum absolute atomic E-state index is 0.581. The van der Waals surface area contributed by atoms with Crippen molar-refractivity contribution in [1.82, 2.24) is 10.2 Å². The molecule has 2 rings (SSSR count). The average molecular weight is 280 g/mol. The van der Waals surface area contributed by atoms with Gasteiger partial charge in [0.2, 0.25) is 0 Å². The van der Waals surface area contributed by atoms with Crippen molar-refractivity contribution < 1.29 is 0 Å². The van der Waals surface area contributed by atoms with Gasteiger partial charge in [-0.3, -0.25) is 4.90 Å². The first-order chi connectivity index (χ1) is 9.11. The highest BCUT2D eigenvalue weighted by Gasteiger charge is 2.24. The monoisotopic (exact) mass is 280 g/mol. The first-order valence-electron chi connectivity index (χ1n) is 7.66. The van der Waals surface area contributed by atoms with E-state index in [0.717, 1.165) is 6.04 Å². The molecule has 2 heterocycles. The van der Waals surface area contributed by atoms with Gasteiger partial charge < -0.3 is 5.32 Å². The molecule has 1 aliphatic rings. The zero-order chi connectivity index (χ0) is 13.8. The summed E-state index contributed by atoms with van der Waals surface area (Å²) in [6.45, 7) is 12.7. The van der Waals surface area contributed by atoms with Gasteiger partial charge in [0.1, 0.15) is 0 Å². The van der Waals surface area contributed by atoms with Gasteiger partial charge >= 0.3 is 0 Å². The predicted molar refractivity (Wildman–Crippen MR) is 85.1 cm³/mol. The minimum Gasteiger partial charge on any atom is -0.314 e. The third-order valence-electron chi connectivity index (χ3n) is 4.29. The van der Waals surface area contributed by atoms with E-state index in [1.54, 1.807) is 5.56 Å². The second-order valence-electron chi connectivity index (χ2n) is 5.81. The Labute approximate surface area is 122 Å². The normalized spacial score (nSPS) is 19.8. The molecular formula is C16H28N2S. The van der Waals surface area contributed by atoms with Crippen LogP contribution in [0.1, 0.15) is 54.5 Å². The summed E-state index contributed by atoms with van der Waals surface area (Å²) in [5, 5.41) is 3.66. The van der Waals surface area contributed by atoms with Gasteiger partial charge in [0.25, 0.3) is 0 Å². The van der Waals surface area contributed by atoms with E-state index in [4.69, 9.17) is 0 Å². The Kier molecular flexibility index (Phi) is 5.43. The van der Waals surface area contributed by atoms with Gasteiger partial charge in [0.05, 0.1) is 0 Å². The standard InChI is InChI=1S/C16H28N2S/c1-5-8-17-15-6-9-18(10-7-15)13(3)16-11-12(2)19-14(16)4/h11,13,15,17H,5-10H2,1-4H3. The molecule has 19 heavy (non-hydrogen) atoms. The van der Waals surface area contributed by atoms with Crippen LogP contribution in [0.2, 0.25) is 0 Å². The fourth-order valence-corrected chi connectivity index (χ4v) is 4.12. The molecule has 3 heteroatoms. The molecule has 1 fully saturated rings. The fourth-order valence-electron chi connectivity index (χ4n) is 3.10. The first-order valence-corrected chi connectivity index (χ1v) is 8.47. The van der Waals surface area contributed by atoms with E-state index in [1.807, 2.05) is 11.3 Å². The van der Waals surface area contributed by atoms with Gasteiger partial charge in [-0.1, -0.05) is 6.92 Å². The Balaban J connectivity index is 1.89. The molecule has 0 spiro atoms. The van der Waals surface area contributed by atoms with Crippen LogP contribution in [0, 0.1) is 13.8 Å². The highest BCUT2D eigenvalue weighted by Crippen LogP contribution is 2.31. The number of nitrogens with zero attached hydrogens (tertiary/aromatic N) is 1. The summed E-state index contributed by atoms with van der Waals surface area (Å²) >= 11 is 1.93. The molecule has 1 atom stereocenters. The van der Waals surface area contributed by atoms with E-state index < -0.39 is 0 Å².